The number of hydrogen-bond acceptors (Lipinski definition) is 7. The average molecular weight is 462 g/mol. The highest BCUT2D eigenvalue weighted by Crippen LogP contribution is 2.26. The molecule has 2 amide bonds. The monoisotopic (exact) mass is 461 g/mol. The third-order valence-electron chi connectivity index (χ3n) is 4.90. The van der Waals surface area contributed by atoms with Crippen molar-refractivity contribution in [2.24, 2.45) is 0 Å². The molecule has 3 rings (SSSR count). The Labute approximate surface area is 184 Å². The maximum Gasteiger partial charge on any atom is 0.362 e. The van der Waals surface area contributed by atoms with Gasteiger partial charge in [-0.3, -0.25) is 19.2 Å². The van der Waals surface area contributed by atoms with Crippen molar-refractivity contribution in [3.05, 3.63) is 48.0 Å². The lowest BCUT2D eigenvalue weighted by atomic mass is 10.1. The summed E-state index contributed by atoms with van der Waals surface area (Å²) in [6, 6.07) is 8.29. The fraction of sp³-hybridized carbons (Fsp3) is 0.300. The van der Waals surface area contributed by atoms with Gasteiger partial charge in [0.15, 0.2) is 0 Å². The van der Waals surface area contributed by atoms with Crippen LogP contribution in [-0.2, 0) is 10.3 Å². The molecule has 3 aromatic rings. The lowest BCUT2D eigenvalue weighted by molar-refractivity contribution is 0.0867. The Bertz CT molecular complexity index is 1230. The van der Waals surface area contributed by atoms with E-state index in [4.69, 9.17) is 8.97 Å². The largest absolute Gasteiger partial charge is 0.431 e. The number of carbonyl (C=O) groups excluding carboxylic acids is 2. The van der Waals surface area contributed by atoms with E-state index >= 15 is 0 Å². The minimum atomic E-state index is -4.68. The van der Waals surface area contributed by atoms with Crippen LogP contribution in [0, 0.1) is 0 Å². The van der Waals surface area contributed by atoms with Gasteiger partial charge in [-0.15, -0.1) is 0 Å². The molecule has 0 aliphatic carbocycles. The zero-order chi connectivity index (χ0) is 23.5. The first-order valence-electron chi connectivity index (χ1n) is 9.82. The molecular formula is C20H23N5O6S. The molecule has 0 unspecified atom stereocenters. The molecule has 2 aromatic heterocycles. The minimum absolute atomic E-state index is 0.0517. The van der Waals surface area contributed by atoms with Gasteiger partial charge in [-0.25, -0.2) is 9.29 Å². The number of nitrogens with zero attached hydrogens (tertiary/aromatic N) is 3. The van der Waals surface area contributed by atoms with E-state index in [1.165, 1.54) is 12.3 Å². The summed E-state index contributed by atoms with van der Waals surface area (Å²) >= 11 is 0. The minimum Gasteiger partial charge on any atom is -0.431 e. The van der Waals surface area contributed by atoms with Crippen molar-refractivity contribution in [2.45, 2.75) is 32.7 Å². The van der Waals surface area contributed by atoms with Gasteiger partial charge in [0.25, 0.3) is 11.8 Å². The van der Waals surface area contributed by atoms with Crippen LogP contribution >= 0.6 is 0 Å². The summed E-state index contributed by atoms with van der Waals surface area (Å²) in [7, 11) is -3.75. The van der Waals surface area contributed by atoms with Crippen molar-refractivity contribution in [3.63, 3.8) is 0 Å². The number of carbonyl (C=O) groups is 2. The summed E-state index contributed by atoms with van der Waals surface area (Å²) in [5.74, 6) is -0.979. The number of amides is 2. The molecule has 1 aromatic carbocycles. The average Bonchev–Trinajstić information content (AvgIpc) is 3.46. The second-order valence-corrected chi connectivity index (χ2v) is 8.46. The highest BCUT2D eigenvalue weighted by Gasteiger charge is 2.24. The Morgan fingerprint density at radius 3 is 2.56 bits per heavy atom. The van der Waals surface area contributed by atoms with E-state index in [0.29, 0.717) is 16.8 Å². The Morgan fingerprint density at radius 2 is 1.91 bits per heavy atom. The van der Waals surface area contributed by atoms with Crippen LogP contribution in [-0.4, -0.2) is 57.4 Å². The summed E-state index contributed by atoms with van der Waals surface area (Å²) in [4.78, 5) is 28.7. The van der Waals surface area contributed by atoms with Crippen molar-refractivity contribution in [1.29, 1.82) is 0 Å². The van der Waals surface area contributed by atoms with Crippen molar-refractivity contribution >= 4 is 22.1 Å². The van der Waals surface area contributed by atoms with E-state index < -0.39 is 16.2 Å². The molecule has 0 aliphatic rings. The Morgan fingerprint density at radius 1 is 1.22 bits per heavy atom. The molecule has 0 radical (unpaired) electrons. The van der Waals surface area contributed by atoms with Crippen LogP contribution in [0.15, 0.2) is 40.9 Å². The molecule has 0 spiro atoms. The number of H-pyrrole nitrogens is 1. The molecule has 32 heavy (non-hydrogen) atoms. The first-order chi connectivity index (χ1) is 15.1. The van der Waals surface area contributed by atoms with Gasteiger partial charge < -0.3 is 9.73 Å². The number of hydrogen-bond donors (Lipinski definition) is 3. The number of nitrogens with one attached hydrogen (secondary N) is 2. The lowest BCUT2D eigenvalue weighted by Gasteiger charge is -2.12. The van der Waals surface area contributed by atoms with Gasteiger partial charge in [0, 0.05) is 24.2 Å². The smallest absolute Gasteiger partial charge is 0.362 e. The molecule has 11 nitrogen and oxygen atoms in total. The highest BCUT2D eigenvalue weighted by atomic mass is 32.2. The van der Waals surface area contributed by atoms with E-state index in [-0.39, 0.29) is 33.6 Å². The fourth-order valence-corrected chi connectivity index (χ4v) is 3.23. The summed E-state index contributed by atoms with van der Waals surface area (Å²) in [6.07, 6.45) is 2.97. The van der Waals surface area contributed by atoms with Gasteiger partial charge in [-0.1, -0.05) is 26.0 Å². The molecule has 0 aliphatic heterocycles. The Hall–Kier alpha value is -3.51. The van der Waals surface area contributed by atoms with Crippen LogP contribution in [0.4, 0.5) is 0 Å². The zero-order valence-corrected chi connectivity index (χ0v) is 18.5. The molecule has 2 heterocycles. The molecule has 0 saturated carbocycles. The van der Waals surface area contributed by atoms with Gasteiger partial charge in [0.05, 0.1) is 11.9 Å². The van der Waals surface area contributed by atoms with Crippen LogP contribution < -0.4 is 5.32 Å². The van der Waals surface area contributed by atoms with Crippen LogP contribution in [0.2, 0.25) is 0 Å². The zero-order valence-electron chi connectivity index (χ0n) is 17.7. The maximum atomic E-state index is 12.3. The summed E-state index contributed by atoms with van der Waals surface area (Å²) in [5, 5.41) is 9.37. The number of oxazole rings is 1. The van der Waals surface area contributed by atoms with E-state index in [9.17, 15) is 18.0 Å². The number of benzene rings is 1. The molecule has 0 fully saturated rings. The van der Waals surface area contributed by atoms with Crippen LogP contribution in [0.5, 0.6) is 0 Å². The topological polar surface area (TPSA) is 158 Å². The number of rotatable bonds is 8. The van der Waals surface area contributed by atoms with Gasteiger partial charge >= 0.3 is 10.3 Å². The molecule has 12 heteroatoms. The molecule has 0 atom stereocenters. The predicted molar refractivity (Wildman–Crippen MR) is 115 cm³/mol. The van der Waals surface area contributed by atoms with Crippen LogP contribution in [0.25, 0.3) is 22.7 Å². The summed E-state index contributed by atoms with van der Waals surface area (Å²) < 4.78 is 37.1. The normalized spacial score (nSPS) is 11.5. The maximum absolute atomic E-state index is 12.3. The van der Waals surface area contributed by atoms with Crippen molar-refractivity contribution < 1.29 is 27.0 Å². The summed E-state index contributed by atoms with van der Waals surface area (Å²) in [6.45, 7) is 3.97. The first-order valence-corrected chi connectivity index (χ1v) is 11.2. The van der Waals surface area contributed by atoms with Crippen molar-refractivity contribution in [1.82, 2.24) is 24.8 Å². The number of aromatic amines is 1. The Balaban J connectivity index is 1.82. The van der Waals surface area contributed by atoms with Gasteiger partial charge in [-0.2, -0.15) is 13.5 Å². The van der Waals surface area contributed by atoms with Crippen LogP contribution in [0.3, 0.4) is 0 Å². The molecule has 3 N–H and O–H groups in total. The second-order valence-electron chi connectivity index (χ2n) is 7.01. The van der Waals surface area contributed by atoms with Crippen LogP contribution in [0.1, 0.15) is 47.7 Å². The van der Waals surface area contributed by atoms with Gasteiger partial charge in [0.2, 0.25) is 11.7 Å². The van der Waals surface area contributed by atoms with Gasteiger partial charge in [-0.05, 0) is 31.0 Å². The highest BCUT2D eigenvalue weighted by molar-refractivity contribution is 7.84. The molecule has 170 valence electrons. The third kappa shape index (κ3) is 5.03. The van der Waals surface area contributed by atoms with E-state index in [0.717, 1.165) is 19.9 Å². The van der Waals surface area contributed by atoms with E-state index in [1.54, 1.807) is 24.3 Å². The third-order valence-corrected chi connectivity index (χ3v) is 5.75. The van der Waals surface area contributed by atoms with Gasteiger partial charge in [0.1, 0.15) is 5.69 Å². The quantitative estimate of drug-likeness (QED) is 0.432. The molecule has 0 saturated heterocycles. The SMILES string of the molecule is CCC(CC)NC(=O)c1cnc(-c2cccc(-c3cc(C(=O)N(C)S(=O)(=O)O)[nH]n3)c2)o1. The van der Waals surface area contributed by atoms with Crippen molar-refractivity contribution in [3.8, 4) is 22.7 Å². The second kappa shape index (κ2) is 9.32. The molecular weight excluding hydrogens is 438 g/mol. The van der Waals surface area contributed by atoms with E-state index in [1.807, 2.05) is 13.8 Å². The number of aromatic nitrogens is 3. The molecule has 0 bridgehead atoms. The standard InChI is InChI=1S/C20H23N5O6S/c1-4-14(5-2)22-18(26)17-11-21-19(31-17)13-8-6-7-12(9-13)15-10-16(24-23-15)20(27)25(3)32(28,29)30/h6-11,14H,4-5H2,1-3H3,(H,22,26)(H,23,24)(H,28,29,30). The Kier molecular flexibility index (Phi) is 6.75. The van der Waals surface area contributed by atoms with E-state index in [2.05, 4.69) is 20.5 Å². The lowest BCUT2D eigenvalue weighted by Crippen LogP contribution is -2.33. The van der Waals surface area contributed by atoms with Crippen molar-refractivity contribution in [2.75, 3.05) is 7.05 Å². The fourth-order valence-electron chi connectivity index (χ4n) is 2.93. The predicted octanol–water partition coefficient (Wildman–Crippen LogP) is 2.52. The summed E-state index contributed by atoms with van der Waals surface area (Å²) in [5.41, 5.74) is 1.41. The first kappa shape index (κ1) is 23.2.